The molecule has 1 rings (SSSR count). The van der Waals surface area contributed by atoms with Crippen molar-refractivity contribution in [2.45, 2.75) is 6.92 Å². The largest absolute Gasteiger partial charge is 0.461 e. The molecule has 0 saturated carbocycles. The summed E-state index contributed by atoms with van der Waals surface area (Å²) in [6, 6.07) is 9.20. The minimum atomic E-state index is -0.418. The fourth-order valence-corrected chi connectivity index (χ4v) is 1.14. The summed E-state index contributed by atoms with van der Waals surface area (Å²) < 4.78 is 4.90. The Kier molecular flexibility index (Phi) is 4.34. The SMILES string of the molecule is CCOC(=O)/C(=N/NC)c1ccccc1. The summed E-state index contributed by atoms with van der Waals surface area (Å²) >= 11 is 0. The minimum absolute atomic E-state index is 0.292. The van der Waals surface area contributed by atoms with Gasteiger partial charge in [-0.3, -0.25) is 0 Å². The van der Waals surface area contributed by atoms with E-state index in [1.54, 1.807) is 14.0 Å². The normalized spacial score (nSPS) is 10.9. The van der Waals surface area contributed by atoms with Crippen LogP contribution in [0.4, 0.5) is 0 Å². The number of benzene rings is 1. The van der Waals surface area contributed by atoms with Crippen LogP contribution >= 0.6 is 0 Å². The molecule has 1 N–H and O–H groups in total. The van der Waals surface area contributed by atoms with E-state index < -0.39 is 5.97 Å². The van der Waals surface area contributed by atoms with Crippen LogP contribution < -0.4 is 5.43 Å². The highest BCUT2D eigenvalue weighted by atomic mass is 16.5. The number of esters is 1. The summed E-state index contributed by atoms with van der Waals surface area (Å²) in [5.74, 6) is -0.418. The number of nitrogens with one attached hydrogen (secondary N) is 1. The zero-order valence-electron chi connectivity index (χ0n) is 8.86. The maximum Gasteiger partial charge on any atom is 0.359 e. The first-order valence-corrected chi connectivity index (χ1v) is 4.76. The van der Waals surface area contributed by atoms with Crippen molar-refractivity contribution in [2.75, 3.05) is 13.7 Å². The van der Waals surface area contributed by atoms with Crippen molar-refractivity contribution >= 4 is 11.7 Å². The average molecular weight is 206 g/mol. The number of rotatable bonds is 4. The van der Waals surface area contributed by atoms with Gasteiger partial charge in [0.1, 0.15) is 0 Å². The van der Waals surface area contributed by atoms with Crippen molar-refractivity contribution < 1.29 is 9.53 Å². The first kappa shape index (κ1) is 11.2. The third kappa shape index (κ3) is 3.09. The van der Waals surface area contributed by atoms with Crippen molar-refractivity contribution in [2.24, 2.45) is 5.10 Å². The molecule has 0 heterocycles. The Balaban J connectivity index is 2.94. The Morgan fingerprint density at radius 3 is 2.60 bits per heavy atom. The van der Waals surface area contributed by atoms with Crippen LogP contribution in [0.5, 0.6) is 0 Å². The molecule has 1 aromatic carbocycles. The summed E-state index contributed by atoms with van der Waals surface area (Å²) in [7, 11) is 1.64. The van der Waals surface area contributed by atoms with Crippen LogP contribution in [0.25, 0.3) is 0 Å². The summed E-state index contributed by atoms with van der Waals surface area (Å²) in [6.45, 7) is 2.11. The van der Waals surface area contributed by atoms with E-state index in [2.05, 4.69) is 10.5 Å². The van der Waals surface area contributed by atoms with Crippen molar-refractivity contribution in [1.82, 2.24) is 5.43 Å². The van der Waals surface area contributed by atoms with Gasteiger partial charge >= 0.3 is 5.97 Å². The summed E-state index contributed by atoms with van der Waals surface area (Å²) in [4.78, 5) is 11.5. The van der Waals surface area contributed by atoms with E-state index in [-0.39, 0.29) is 0 Å². The molecule has 4 nitrogen and oxygen atoms in total. The number of carbonyl (C=O) groups is 1. The molecule has 0 atom stereocenters. The van der Waals surface area contributed by atoms with Crippen molar-refractivity contribution in [3.05, 3.63) is 35.9 Å². The predicted octanol–water partition coefficient (Wildman–Crippen LogP) is 1.17. The molecule has 0 amide bonds. The lowest BCUT2D eigenvalue weighted by Gasteiger charge is -2.05. The van der Waals surface area contributed by atoms with Crippen LogP contribution in [0.15, 0.2) is 35.4 Å². The molecule has 0 saturated heterocycles. The highest BCUT2D eigenvalue weighted by Crippen LogP contribution is 2.02. The van der Waals surface area contributed by atoms with E-state index in [0.29, 0.717) is 12.3 Å². The lowest BCUT2D eigenvalue weighted by Crippen LogP contribution is -2.21. The second-order valence-corrected chi connectivity index (χ2v) is 2.77. The van der Waals surface area contributed by atoms with Gasteiger partial charge in [0.25, 0.3) is 0 Å². The molecule has 0 fully saturated rings. The van der Waals surface area contributed by atoms with Crippen molar-refractivity contribution in [1.29, 1.82) is 0 Å². The Morgan fingerprint density at radius 1 is 1.40 bits per heavy atom. The van der Waals surface area contributed by atoms with Crippen LogP contribution in [0.1, 0.15) is 12.5 Å². The summed E-state index contributed by atoms with van der Waals surface area (Å²) in [6.07, 6.45) is 0. The minimum Gasteiger partial charge on any atom is -0.461 e. The Morgan fingerprint density at radius 2 is 2.07 bits per heavy atom. The molecule has 0 aromatic heterocycles. The quantitative estimate of drug-likeness (QED) is 0.457. The number of hydrogen-bond acceptors (Lipinski definition) is 4. The third-order valence-corrected chi connectivity index (χ3v) is 1.74. The van der Waals surface area contributed by atoms with Gasteiger partial charge in [0, 0.05) is 12.6 Å². The van der Waals surface area contributed by atoms with Gasteiger partial charge in [0.15, 0.2) is 5.71 Å². The lowest BCUT2D eigenvalue weighted by molar-refractivity contribution is -0.134. The number of ether oxygens (including phenoxy) is 1. The van der Waals surface area contributed by atoms with Gasteiger partial charge < -0.3 is 10.2 Å². The van der Waals surface area contributed by atoms with Gasteiger partial charge in [-0.05, 0) is 6.92 Å². The number of hydrazone groups is 1. The highest BCUT2D eigenvalue weighted by Gasteiger charge is 2.14. The highest BCUT2D eigenvalue weighted by molar-refractivity contribution is 6.43. The van der Waals surface area contributed by atoms with E-state index in [1.165, 1.54) is 0 Å². The fraction of sp³-hybridized carbons (Fsp3) is 0.273. The molecule has 15 heavy (non-hydrogen) atoms. The zero-order chi connectivity index (χ0) is 11.1. The monoisotopic (exact) mass is 206 g/mol. The number of carbonyl (C=O) groups excluding carboxylic acids is 1. The molecule has 0 aliphatic heterocycles. The van der Waals surface area contributed by atoms with Crippen LogP contribution in [-0.4, -0.2) is 25.3 Å². The standard InChI is InChI=1S/C11H14N2O2/c1-3-15-11(14)10(13-12-2)9-7-5-4-6-8-9/h4-8,12H,3H2,1-2H3/b13-10+. The van der Waals surface area contributed by atoms with Gasteiger partial charge in [-0.15, -0.1) is 0 Å². The molecule has 80 valence electrons. The van der Waals surface area contributed by atoms with Gasteiger partial charge in [-0.25, -0.2) is 4.79 Å². The van der Waals surface area contributed by atoms with Crippen LogP contribution in [0.2, 0.25) is 0 Å². The number of hydrogen-bond donors (Lipinski definition) is 1. The molecule has 0 aliphatic carbocycles. The van der Waals surface area contributed by atoms with Gasteiger partial charge in [-0.2, -0.15) is 5.10 Å². The topological polar surface area (TPSA) is 50.7 Å². The van der Waals surface area contributed by atoms with E-state index >= 15 is 0 Å². The molecule has 4 heteroatoms. The van der Waals surface area contributed by atoms with Crippen LogP contribution in [-0.2, 0) is 9.53 Å². The van der Waals surface area contributed by atoms with E-state index in [4.69, 9.17) is 4.74 Å². The van der Waals surface area contributed by atoms with E-state index in [9.17, 15) is 4.79 Å². The first-order chi connectivity index (χ1) is 7.29. The Labute approximate surface area is 88.9 Å². The molecule has 0 spiro atoms. The average Bonchev–Trinajstić information content (AvgIpc) is 2.27. The van der Waals surface area contributed by atoms with Crippen molar-refractivity contribution in [3.8, 4) is 0 Å². The van der Waals surface area contributed by atoms with Gasteiger partial charge in [-0.1, -0.05) is 30.3 Å². The fourth-order valence-electron chi connectivity index (χ4n) is 1.14. The Bertz CT molecular complexity index is 347. The molecule has 0 radical (unpaired) electrons. The molecule has 0 unspecified atom stereocenters. The molecular weight excluding hydrogens is 192 g/mol. The predicted molar refractivity (Wildman–Crippen MR) is 58.7 cm³/mol. The maximum atomic E-state index is 11.5. The molecule has 1 aromatic rings. The van der Waals surface area contributed by atoms with Gasteiger partial charge in [0.05, 0.1) is 6.61 Å². The van der Waals surface area contributed by atoms with Crippen LogP contribution in [0, 0.1) is 0 Å². The smallest absolute Gasteiger partial charge is 0.359 e. The van der Waals surface area contributed by atoms with Gasteiger partial charge in [0.2, 0.25) is 0 Å². The Hall–Kier alpha value is -1.84. The summed E-state index contributed by atoms with van der Waals surface area (Å²) in [5.41, 5.74) is 3.63. The number of nitrogens with zero attached hydrogens (tertiary/aromatic N) is 1. The molecular formula is C11H14N2O2. The molecule has 0 bridgehead atoms. The second-order valence-electron chi connectivity index (χ2n) is 2.77. The lowest BCUT2D eigenvalue weighted by atomic mass is 10.1. The molecule has 0 aliphatic rings. The summed E-state index contributed by atoms with van der Waals surface area (Å²) in [5, 5.41) is 3.91. The first-order valence-electron chi connectivity index (χ1n) is 4.76. The second kappa shape index (κ2) is 5.80. The zero-order valence-corrected chi connectivity index (χ0v) is 8.86. The third-order valence-electron chi connectivity index (χ3n) is 1.74. The van der Waals surface area contributed by atoms with E-state index in [1.807, 2.05) is 30.3 Å². The maximum absolute atomic E-state index is 11.5. The van der Waals surface area contributed by atoms with Crippen molar-refractivity contribution in [3.63, 3.8) is 0 Å². The van der Waals surface area contributed by atoms with Crippen LogP contribution in [0.3, 0.4) is 0 Å². The van der Waals surface area contributed by atoms with E-state index in [0.717, 1.165) is 5.56 Å².